The smallest absolute Gasteiger partial charge is 0.237 e. The quantitative estimate of drug-likeness (QED) is 0.843. The summed E-state index contributed by atoms with van der Waals surface area (Å²) >= 11 is 2.81. The molecule has 2 heterocycles. The number of rotatable bonds is 4. The molecule has 0 aromatic carbocycles. The van der Waals surface area contributed by atoms with Crippen LogP contribution in [0.4, 0.5) is 5.95 Å². The summed E-state index contributed by atoms with van der Waals surface area (Å²) in [6, 6.07) is 1.69. The van der Waals surface area contributed by atoms with E-state index in [1.807, 2.05) is 6.92 Å². The van der Waals surface area contributed by atoms with Crippen LogP contribution in [0.5, 0.6) is 0 Å². The van der Waals surface area contributed by atoms with E-state index in [1.54, 1.807) is 18.5 Å². The van der Waals surface area contributed by atoms with E-state index < -0.39 is 0 Å². The number of amides is 1. The highest BCUT2D eigenvalue weighted by Gasteiger charge is 2.07. The number of nitrogens with zero attached hydrogens (tertiary/aromatic N) is 4. The molecule has 0 bridgehead atoms. The normalized spacial score (nSPS) is 10.2. The second-order valence-corrected chi connectivity index (χ2v) is 5.40. The predicted molar refractivity (Wildman–Crippen MR) is 66.0 cm³/mol. The van der Waals surface area contributed by atoms with Crippen LogP contribution in [-0.4, -0.2) is 31.8 Å². The number of nitrogens with one attached hydrogen (secondary N) is 1. The van der Waals surface area contributed by atoms with Gasteiger partial charge in [-0.1, -0.05) is 23.1 Å². The third-order valence-electron chi connectivity index (χ3n) is 1.65. The van der Waals surface area contributed by atoms with Crippen molar-refractivity contribution >= 4 is 35.0 Å². The molecule has 0 aliphatic carbocycles. The Labute approximate surface area is 106 Å². The topological polar surface area (TPSA) is 80.7 Å². The van der Waals surface area contributed by atoms with Crippen LogP contribution in [0.3, 0.4) is 0 Å². The van der Waals surface area contributed by atoms with Gasteiger partial charge >= 0.3 is 0 Å². The van der Waals surface area contributed by atoms with Gasteiger partial charge in [0.15, 0.2) is 4.34 Å². The molecule has 1 N–H and O–H groups in total. The second kappa shape index (κ2) is 5.69. The van der Waals surface area contributed by atoms with Gasteiger partial charge in [0.05, 0.1) is 5.75 Å². The number of hydrogen-bond donors (Lipinski definition) is 1. The molecule has 6 nitrogen and oxygen atoms in total. The summed E-state index contributed by atoms with van der Waals surface area (Å²) in [7, 11) is 0. The summed E-state index contributed by atoms with van der Waals surface area (Å²) in [6.45, 7) is 1.87. The molecule has 2 aromatic heterocycles. The molecule has 1 amide bonds. The zero-order valence-electron chi connectivity index (χ0n) is 8.95. The lowest BCUT2D eigenvalue weighted by Gasteiger charge is -2.00. The van der Waals surface area contributed by atoms with Crippen LogP contribution >= 0.6 is 23.1 Å². The highest BCUT2D eigenvalue weighted by atomic mass is 32.2. The van der Waals surface area contributed by atoms with Crippen molar-refractivity contribution in [3.05, 3.63) is 23.5 Å². The summed E-state index contributed by atoms with van der Waals surface area (Å²) in [5.41, 5.74) is 0. The third kappa shape index (κ3) is 3.75. The average Bonchev–Trinajstić information content (AvgIpc) is 2.74. The highest BCUT2D eigenvalue weighted by molar-refractivity contribution is 8.01. The Morgan fingerprint density at radius 1 is 1.41 bits per heavy atom. The number of carbonyl (C=O) groups is 1. The first-order valence-corrected chi connectivity index (χ1v) is 6.54. The Hall–Kier alpha value is -1.54. The van der Waals surface area contributed by atoms with Gasteiger partial charge in [0.1, 0.15) is 5.01 Å². The average molecular weight is 267 g/mol. The monoisotopic (exact) mass is 267 g/mol. The fraction of sp³-hybridized carbons (Fsp3) is 0.222. The molecule has 0 aliphatic heterocycles. The summed E-state index contributed by atoms with van der Waals surface area (Å²) in [4.78, 5) is 19.3. The largest absolute Gasteiger partial charge is 0.294 e. The van der Waals surface area contributed by atoms with Crippen molar-refractivity contribution in [2.75, 3.05) is 11.1 Å². The lowest BCUT2D eigenvalue weighted by Crippen LogP contribution is -2.15. The van der Waals surface area contributed by atoms with Crippen LogP contribution in [0.25, 0.3) is 0 Å². The van der Waals surface area contributed by atoms with Crippen LogP contribution in [0.2, 0.25) is 0 Å². The Kier molecular flexibility index (Phi) is 3.99. The minimum Gasteiger partial charge on any atom is -0.294 e. The van der Waals surface area contributed by atoms with E-state index in [0.29, 0.717) is 5.95 Å². The molecule has 2 aromatic rings. The summed E-state index contributed by atoms with van der Waals surface area (Å²) in [5, 5.41) is 11.3. The molecule has 0 spiro atoms. The Morgan fingerprint density at radius 2 is 2.18 bits per heavy atom. The molecule has 0 radical (unpaired) electrons. The lowest BCUT2D eigenvalue weighted by atomic mass is 10.6. The van der Waals surface area contributed by atoms with Crippen molar-refractivity contribution in [2.45, 2.75) is 11.3 Å². The van der Waals surface area contributed by atoms with Crippen molar-refractivity contribution < 1.29 is 4.79 Å². The number of carbonyl (C=O) groups excluding carboxylic acids is 1. The van der Waals surface area contributed by atoms with Gasteiger partial charge in [0, 0.05) is 12.4 Å². The van der Waals surface area contributed by atoms with E-state index in [-0.39, 0.29) is 11.7 Å². The molecule has 17 heavy (non-hydrogen) atoms. The highest BCUT2D eigenvalue weighted by Crippen LogP contribution is 2.21. The molecule has 0 fully saturated rings. The predicted octanol–water partition coefficient (Wildman–Crippen LogP) is 1.37. The van der Waals surface area contributed by atoms with E-state index >= 15 is 0 Å². The van der Waals surface area contributed by atoms with Gasteiger partial charge < -0.3 is 0 Å². The van der Waals surface area contributed by atoms with Crippen molar-refractivity contribution in [1.29, 1.82) is 0 Å². The van der Waals surface area contributed by atoms with Crippen LogP contribution in [0, 0.1) is 6.92 Å². The van der Waals surface area contributed by atoms with Gasteiger partial charge in [-0.15, -0.1) is 10.2 Å². The standard InChI is InChI=1S/C9H9N5OS2/c1-6-13-14-9(17-6)16-5-7(15)12-8-10-3-2-4-11-8/h2-4H,5H2,1H3,(H,10,11,12,15). The fourth-order valence-corrected chi connectivity index (χ4v) is 2.60. The van der Waals surface area contributed by atoms with Gasteiger partial charge in [0.2, 0.25) is 11.9 Å². The second-order valence-electron chi connectivity index (χ2n) is 3.00. The van der Waals surface area contributed by atoms with Crippen molar-refractivity contribution in [3.63, 3.8) is 0 Å². The molecule has 0 unspecified atom stereocenters. The minimum absolute atomic E-state index is 0.158. The van der Waals surface area contributed by atoms with Gasteiger partial charge in [-0.25, -0.2) is 9.97 Å². The summed E-state index contributed by atoms with van der Waals surface area (Å²) in [6.07, 6.45) is 3.15. The van der Waals surface area contributed by atoms with E-state index in [4.69, 9.17) is 0 Å². The van der Waals surface area contributed by atoms with Crippen molar-refractivity contribution in [3.8, 4) is 0 Å². The number of thioether (sulfide) groups is 1. The molecule has 0 saturated carbocycles. The van der Waals surface area contributed by atoms with E-state index in [9.17, 15) is 4.79 Å². The minimum atomic E-state index is -0.158. The fourth-order valence-electron chi connectivity index (χ4n) is 0.988. The zero-order chi connectivity index (χ0) is 12.1. The van der Waals surface area contributed by atoms with E-state index in [2.05, 4.69) is 25.5 Å². The van der Waals surface area contributed by atoms with E-state index in [0.717, 1.165) is 9.35 Å². The first-order chi connectivity index (χ1) is 8.24. The maximum Gasteiger partial charge on any atom is 0.237 e. The molecule has 0 atom stereocenters. The molecule has 88 valence electrons. The van der Waals surface area contributed by atoms with Crippen LogP contribution < -0.4 is 5.32 Å². The third-order valence-corrected chi connectivity index (χ3v) is 3.62. The van der Waals surface area contributed by atoms with Gasteiger partial charge in [-0.3, -0.25) is 10.1 Å². The number of anilines is 1. The summed E-state index contributed by atoms with van der Waals surface area (Å²) in [5.74, 6) is 0.424. The van der Waals surface area contributed by atoms with Gasteiger partial charge in [-0.2, -0.15) is 0 Å². The Balaban J connectivity index is 1.82. The SMILES string of the molecule is Cc1nnc(SCC(=O)Nc2ncccn2)s1. The Bertz CT molecular complexity index is 501. The maximum absolute atomic E-state index is 11.5. The maximum atomic E-state index is 11.5. The molecule has 0 aliphatic rings. The van der Waals surface area contributed by atoms with Gasteiger partial charge in [0.25, 0.3) is 0 Å². The lowest BCUT2D eigenvalue weighted by molar-refractivity contribution is -0.113. The Morgan fingerprint density at radius 3 is 2.82 bits per heavy atom. The van der Waals surface area contributed by atoms with Crippen molar-refractivity contribution in [1.82, 2.24) is 20.2 Å². The van der Waals surface area contributed by atoms with Crippen LogP contribution in [0.15, 0.2) is 22.8 Å². The molecular formula is C9H9N5OS2. The first-order valence-electron chi connectivity index (χ1n) is 4.74. The number of hydrogen-bond acceptors (Lipinski definition) is 7. The van der Waals surface area contributed by atoms with Gasteiger partial charge in [-0.05, 0) is 13.0 Å². The molecule has 8 heteroatoms. The summed E-state index contributed by atoms with van der Waals surface area (Å²) < 4.78 is 0.784. The van der Waals surface area contributed by atoms with Crippen LogP contribution in [0.1, 0.15) is 5.01 Å². The molecule has 0 saturated heterocycles. The van der Waals surface area contributed by atoms with E-state index in [1.165, 1.54) is 23.1 Å². The molecular weight excluding hydrogens is 258 g/mol. The van der Waals surface area contributed by atoms with Crippen molar-refractivity contribution in [2.24, 2.45) is 0 Å². The number of aromatic nitrogens is 4. The first kappa shape index (κ1) is 11.9. The van der Waals surface area contributed by atoms with Crippen LogP contribution in [-0.2, 0) is 4.79 Å². The zero-order valence-corrected chi connectivity index (χ0v) is 10.6. The number of aryl methyl sites for hydroxylation is 1. The molecule has 2 rings (SSSR count).